The highest BCUT2D eigenvalue weighted by Gasteiger charge is 2.11. The molecular formula is C21H15NO. The van der Waals surface area contributed by atoms with Crippen LogP contribution in [0.5, 0.6) is 0 Å². The lowest BCUT2D eigenvalue weighted by Gasteiger charge is -2.07. The van der Waals surface area contributed by atoms with E-state index in [4.69, 9.17) is 5.11 Å². The number of aliphatic hydroxyl groups excluding tert-OH is 1. The van der Waals surface area contributed by atoms with E-state index in [2.05, 4.69) is 77.1 Å². The first kappa shape index (κ1) is 13.6. The summed E-state index contributed by atoms with van der Waals surface area (Å²) in [5.74, 6) is 5.71. The fourth-order valence-electron chi connectivity index (χ4n) is 3.05. The number of hydrogen-bond acceptors (Lipinski definition) is 1. The molecule has 4 rings (SSSR count). The molecule has 0 spiro atoms. The minimum Gasteiger partial charge on any atom is -0.384 e. The molecule has 2 nitrogen and oxygen atoms in total. The first-order chi connectivity index (χ1) is 11.4. The van der Waals surface area contributed by atoms with E-state index in [0.29, 0.717) is 0 Å². The fourth-order valence-corrected chi connectivity index (χ4v) is 3.05. The van der Waals surface area contributed by atoms with Gasteiger partial charge in [-0.15, -0.1) is 0 Å². The van der Waals surface area contributed by atoms with E-state index < -0.39 is 0 Å². The molecule has 0 unspecified atom stereocenters. The van der Waals surface area contributed by atoms with Crippen LogP contribution in [0.2, 0.25) is 0 Å². The van der Waals surface area contributed by atoms with Crippen molar-refractivity contribution in [1.29, 1.82) is 0 Å². The molecule has 1 N–H and O–H groups in total. The highest BCUT2D eigenvalue weighted by atomic mass is 16.2. The smallest absolute Gasteiger partial charge is 0.104 e. The van der Waals surface area contributed by atoms with Crippen LogP contribution >= 0.6 is 0 Å². The van der Waals surface area contributed by atoms with E-state index in [1.54, 1.807) is 0 Å². The van der Waals surface area contributed by atoms with Gasteiger partial charge in [0, 0.05) is 22.0 Å². The van der Waals surface area contributed by atoms with E-state index in [1.807, 2.05) is 12.1 Å². The quantitative estimate of drug-likeness (QED) is 0.525. The molecule has 0 atom stereocenters. The number of aliphatic hydroxyl groups is 1. The van der Waals surface area contributed by atoms with Crippen molar-refractivity contribution in [2.45, 2.75) is 0 Å². The molecule has 0 radical (unpaired) electrons. The Hall–Kier alpha value is -3.02. The number of fused-ring (bicyclic) bond motifs is 3. The molecule has 3 aromatic carbocycles. The van der Waals surface area contributed by atoms with Crippen LogP contribution in [0, 0.1) is 11.8 Å². The van der Waals surface area contributed by atoms with Gasteiger partial charge in [0.1, 0.15) is 6.61 Å². The lowest BCUT2D eigenvalue weighted by molar-refractivity contribution is 0.350. The monoisotopic (exact) mass is 297 g/mol. The summed E-state index contributed by atoms with van der Waals surface area (Å²) < 4.78 is 2.27. The minimum atomic E-state index is -0.121. The summed E-state index contributed by atoms with van der Waals surface area (Å²) in [7, 11) is 0. The molecule has 110 valence electrons. The summed E-state index contributed by atoms with van der Waals surface area (Å²) in [6.45, 7) is -0.121. The Morgan fingerprint density at radius 2 is 1.52 bits per heavy atom. The second-order valence-corrected chi connectivity index (χ2v) is 5.38. The SMILES string of the molecule is OCC#Cc1ccc2c(c1)c1ccccc1n2-c1ccccc1. The Labute approximate surface area is 134 Å². The van der Waals surface area contributed by atoms with E-state index in [0.717, 1.165) is 16.8 Å². The summed E-state index contributed by atoms with van der Waals surface area (Å²) >= 11 is 0. The standard InChI is InChI=1S/C21H15NO/c23-14-6-7-16-12-13-21-19(15-16)18-10-4-5-11-20(18)22(21)17-8-2-1-3-9-17/h1-5,8-13,15,23H,14H2. The van der Waals surface area contributed by atoms with Gasteiger partial charge in [-0.2, -0.15) is 0 Å². The van der Waals surface area contributed by atoms with Gasteiger partial charge in [-0.25, -0.2) is 0 Å². The number of rotatable bonds is 1. The average molecular weight is 297 g/mol. The van der Waals surface area contributed by atoms with Gasteiger partial charge >= 0.3 is 0 Å². The Morgan fingerprint density at radius 1 is 0.783 bits per heavy atom. The molecule has 0 fully saturated rings. The van der Waals surface area contributed by atoms with E-state index >= 15 is 0 Å². The Morgan fingerprint density at radius 3 is 2.35 bits per heavy atom. The van der Waals surface area contributed by atoms with Crippen LogP contribution in [-0.2, 0) is 0 Å². The van der Waals surface area contributed by atoms with Crippen LogP contribution in [0.15, 0.2) is 72.8 Å². The maximum absolute atomic E-state index is 8.89. The van der Waals surface area contributed by atoms with Crippen molar-refractivity contribution < 1.29 is 5.11 Å². The molecule has 0 bridgehead atoms. The Bertz CT molecular complexity index is 1050. The second kappa shape index (κ2) is 5.64. The highest BCUT2D eigenvalue weighted by molar-refractivity contribution is 6.09. The molecule has 23 heavy (non-hydrogen) atoms. The number of benzene rings is 3. The molecule has 4 aromatic rings. The Kier molecular flexibility index (Phi) is 3.34. The van der Waals surface area contributed by atoms with Crippen molar-refractivity contribution >= 4 is 21.8 Å². The largest absolute Gasteiger partial charge is 0.384 e. The first-order valence-corrected chi connectivity index (χ1v) is 7.57. The van der Waals surface area contributed by atoms with Crippen LogP contribution < -0.4 is 0 Å². The van der Waals surface area contributed by atoms with Crippen LogP contribution in [-0.4, -0.2) is 16.3 Å². The maximum Gasteiger partial charge on any atom is 0.104 e. The van der Waals surface area contributed by atoms with E-state index in [-0.39, 0.29) is 6.61 Å². The highest BCUT2D eigenvalue weighted by Crippen LogP contribution is 2.32. The zero-order valence-electron chi connectivity index (χ0n) is 12.5. The topological polar surface area (TPSA) is 25.2 Å². The molecule has 0 amide bonds. The fraction of sp³-hybridized carbons (Fsp3) is 0.0476. The van der Waals surface area contributed by atoms with Gasteiger partial charge in [0.05, 0.1) is 11.0 Å². The van der Waals surface area contributed by atoms with Crippen molar-refractivity contribution in [2.24, 2.45) is 0 Å². The maximum atomic E-state index is 8.89. The molecule has 0 aliphatic carbocycles. The normalized spacial score (nSPS) is 10.7. The molecular weight excluding hydrogens is 282 g/mol. The molecule has 1 heterocycles. The van der Waals surface area contributed by atoms with Gasteiger partial charge in [0.15, 0.2) is 0 Å². The van der Waals surface area contributed by atoms with Crippen molar-refractivity contribution in [1.82, 2.24) is 4.57 Å². The number of hydrogen-bond donors (Lipinski definition) is 1. The predicted molar refractivity (Wildman–Crippen MR) is 94.7 cm³/mol. The summed E-state index contributed by atoms with van der Waals surface area (Å²) in [5, 5.41) is 11.3. The number of aromatic nitrogens is 1. The molecule has 0 saturated heterocycles. The van der Waals surface area contributed by atoms with Gasteiger partial charge < -0.3 is 9.67 Å². The van der Waals surface area contributed by atoms with Gasteiger partial charge in [-0.05, 0) is 36.4 Å². The van der Waals surface area contributed by atoms with Crippen LogP contribution in [0.4, 0.5) is 0 Å². The molecule has 2 heteroatoms. The number of nitrogens with zero attached hydrogens (tertiary/aromatic N) is 1. The molecule has 0 aliphatic heterocycles. The van der Waals surface area contributed by atoms with E-state index in [9.17, 15) is 0 Å². The minimum absolute atomic E-state index is 0.121. The third kappa shape index (κ3) is 2.28. The number of para-hydroxylation sites is 2. The summed E-state index contributed by atoms with van der Waals surface area (Å²) in [6.07, 6.45) is 0. The summed E-state index contributed by atoms with van der Waals surface area (Å²) in [5.41, 5.74) is 4.41. The molecule has 0 saturated carbocycles. The van der Waals surface area contributed by atoms with Crippen molar-refractivity contribution in [3.63, 3.8) is 0 Å². The van der Waals surface area contributed by atoms with Crippen LogP contribution in [0.3, 0.4) is 0 Å². The second-order valence-electron chi connectivity index (χ2n) is 5.38. The van der Waals surface area contributed by atoms with Gasteiger partial charge in [-0.3, -0.25) is 0 Å². The van der Waals surface area contributed by atoms with Crippen LogP contribution in [0.1, 0.15) is 5.56 Å². The van der Waals surface area contributed by atoms with Crippen LogP contribution in [0.25, 0.3) is 27.5 Å². The van der Waals surface area contributed by atoms with Gasteiger partial charge in [0.25, 0.3) is 0 Å². The average Bonchev–Trinajstić information content (AvgIpc) is 2.94. The molecule has 0 aliphatic rings. The van der Waals surface area contributed by atoms with Crippen molar-refractivity contribution in [2.75, 3.05) is 6.61 Å². The zero-order valence-corrected chi connectivity index (χ0v) is 12.5. The summed E-state index contributed by atoms with van der Waals surface area (Å²) in [4.78, 5) is 0. The lowest BCUT2D eigenvalue weighted by Crippen LogP contribution is -1.92. The van der Waals surface area contributed by atoms with Gasteiger partial charge in [0.2, 0.25) is 0 Å². The Balaban J connectivity index is 2.09. The third-order valence-electron chi connectivity index (χ3n) is 4.00. The molecule has 1 aromatic heterocycles. The predicted octanol–water partition coefficient (Wildman–Crippen LogP) is 4.13. The summed E-state index contributed by atoms with van der Waals surface area (Å²) in [6, 6.07) is 25.0. The van der Waals surface area contributed by atoms with Gasteiger partial charge in [-0.1, -0.05) is 48.2 Å². The zero-order chi connectivity index (χ0) is 15.6. The lowest BCUT2D eigenvalue weighted by atomic mass is 10.1. The van der Waals surface area contributed by atoms with Crippen molar-refractivity contribution in [3.05, 3.63) is 78.4 Å². The van der Waals surface area contributed by atoms with Crippen molar-refractivity contribution in [3.8, 4) is 17.5 Å². The first-order valence-electron chi connectivity index (χ1n) is 7.57. The third-order valence-corrected chi connectivity index (χ3v) is 4.00. The van der Waals surface area contributed by atoms with E-state index in [1.165, 1.54) is 16.3 Å².